The second-order valence-corrected chi connectivity index (χ2v) is 10.2. The third-order valence-corrected chi connectivity index (χ3v) is 6.69. The fourth-order valence-corrected chi connectivity index (χ4v) is 5.10. The summed E-state index contributed by atoms with van der Waals surface area (Å²) in [6.07, 6.45) is 2.76. The van der Waals surface area contributed by atoms with Crippen LogP contribution in [0.1, 0.15) is 39.2 Å². The number of nitrogen functional groups attached to an aromatic ring is 1. The van der Waals surface area contributed by atoms with Crippen LogP contribution in [0.2, 0.25) is 0 Å². The lowest BCUT2D eigenvalue weighted by Crippen LogP contribution is -2.60. The van der Waals surface area contributed by atoms with Crippen molar-refractivity contribution < 1.29 is 22.3 Å². The number of nitrogens with two attached hydrogens (primary N) is 1. The first-order valence-corrected chi connectivity index (χ1v) is 11.0. The number of anilines is 1. The monoisotopic (exact) mass is 424 g/mol. The molecule has 2 aliphatic heterocycles. The number of nitrogens with zero attached hydrogens (tertiary/aromatic N) is 3. The average molecular weight is 424 g/mol. The van der Waals surface area contributed by atoms with E-state index in [0.717, 1.165) is 6.20 Å². The van der Waals surface area contributed by atoms with Crippen molar-refractivity contribution in [3.05, 3.63) is 23.8 Å². The van der Waals surface area contributed by atoms with Gasteiger partial charge in [-0.2, -0.15) is 4.31 Å². The molecule has 1 aromatic heterocycles. The number of piperazine rings is 1. The van der Waals surface area contributed by atoms with Gasteiger partial charge >= 0.3 is 6.09 Å². The number of carbonyl (C=O) groups excluding carboxylic acids is 1. The predicted molar refractivity (Wildman–Crippen MR) is 106 cm³/mol. The largest absolute Gasteiger partial charge is 0.444 e. The Morgan fingerprint density at radius 3 is 2.72 bits per heavy atom. The molecule has 3 heterocycles. The van der Waals surface area contributed by atoms with Crippen molar-refractivity contribution >= 4 is 21.8 Å². The highest BCUT2D eigenvalue weighted by Crippen LogP contribution is 2.28. The molecule has 10 heteroatoms. The van der Waals surface area contributed by atoms with Gasteiger partial charge in [-0.25, -0.2) is 17.6 Å². The number of rotatable bonds is 0. The van der Waals surface area contributed by atoms with Crippen LogP contribution in [0.5, 0.6) is 0 Å². The number of amides is 1. The third kappa shape index (κ3) is 4.79. The minimum absolute atomic E-state index is 0.0183. The Morgan fingerprint density at radius 1 is 1.34 bits per heavy atom. The molecule has 2 bridgehead atoms. The molecule has 0 aliphatic carbocycles. The molecule has 8 nitrogen and oxygen atoms in total. The van der Waals surface area contributed by atoms with Crippen molar-refractivity contribution in [1.29, 1.82) is 0 Å². The van der Waals surface area contributed by atoms with Crippen molar-refractivity contribution in [3.63, 3.8) is 0 Å². The summed E-state index contributed by atoms with van der Waals surface area (Å²) in [6, 6.07) is -1.11. The minimum atomic E-state index is -3.54. The van der Waals surface area contributed by atoms with Gasteiger partial charge in [0.1, 0.15) is 11.6 Å². The van der Waals surface area contributed by atoms with Gasteiger partial charge in [-0.05, 0) is 33.6 Å². The quantitative estimate of drug-likeness (QED) is 0.634. The average Bonchev–Trinajstić information content (AvgIpc) is 2.71. The highest BCUT2D eigenvalue weighted by atomic mass is 32.2. The molecular formula is C19H25FN4O4S. The van der Waals surface area contributed by atoms with Crippen molar-refractivity contribution in [1.82, 2.24) is 14.2 Å². The maximum atomic E-state index is 14.0. The molecule has 2 saturated heterocycles. The van der Waals surface area contributed by atoms with E-state index in [0.29, 0.717) is 12.8 Å². The summed E-state index contributed by atoms with van der Waals surface area (Å²) < 4.78 is 46.2. The standard InChI is InChI=1S/C19H25FN4O4S/c1-19(2,3)28-18(25)23-11-14(6-7-15-16(20)9-22-10-17(15)21)24-12-13(23)5-4-8-29(24,26)27/h9-10,13-14H,4-5,8,11-12,21H2,1-3H3/t13-,14+/m1/s1. The van der Waals surface area contributed by atoms with E-state index in [2.05, 4.69) is 16.8 Å². The van der Waals surface area contributed by atoms with E-state index < -0.39 is 33.6 Å². The molecule has 1 amide bonds. The maximum Gasteiger partial charge on any atom is 0.410 e. The first-order valence-electron chi connectivity index (χ1n) is 9.37. The number of ether oxygens (including phenoxy) is 1. The lowest BCUT2D eigenvalue weighted by molar-refractivity contribution is 0.00173. The molecule has 2 fully saturated rings. The molecule has 1 unspecified atom stereocenters. The Labute approximate surface area is 170 Å². The van der Waals surface area contributed by atoms with E-state index >= 15 is 0 Å². The zero-order chi connectivity index (χ0) is 21.4. The smallest absolute Gasteiger partial charge is 0.410 e. The van der Waals surface area contributed by atoms with Crippen LogP contribution in [-0.2, 0) is 14.8 Å². The van der Waals surface area contributed by atoms with Gasteiger partial charge in [0.15, 0.2) is 5.82 Å². The predicted octanol–water partition coefficient (Wildman–Crippen LogP) is 1.57. The van der Waals surface area contributed by atoms with Gasteiger partial charge in [-0.15, -0.1) is 0 Å². The van der Waals surface area contributed by atoms with Crippen LogP contribution in [0.3, 0.4) is 0 Å². The van der Waals surface area contributed by atoms with Crippen molar-refractivity contribution in [2.24, 2.45) is 0 Å². The molecule has 158 valence electrons. The van der Waals surface area contributed by atoms with E-state index in [-0.39, 0.29) is 36.1 Å². The van der Waals surface area contributed by atoms with Crippen LogP contribution in [-0.4, -0.2) is 65.2 Å². The van der Waals surface area contributed by atoms with Crippen LogP contribution in [0.15, 0.2) is 12.4 Å². The first-order chi connectivity index (χ1) is 13.5. The van der Waals surface area contributed by atoms with Crippen LogP contribution in [0.25, 0.3) is 0 Å². The summed E-state index contributed by atoms with van der Waals surface area (Å²) in [5.74, 6) is 4.75. The number of halogens is 1. The van der Waals surface area contributed by atoms with Crippen LogP contribution in [0.4, 0.5) is 14.9 Å². The Hall–Kier alpha value is -2.38. The van der Waals surface area contributed by atoms with E-state index in [1.165, 1.54) is 15.4 Å². The van der Waals surface area contributed by atoms with Gasteiger partial charge in [0.2, 0.25) is 10.0 Å². The highest BCUT2D eigenvalue weighted by Gasteiger charge is 2.44. The van der Waals surface area contributed by atoms with Gasteiger partial charge in [0.25, 0.3) is 0 Å². The number of sulfonamides is 1. The molecule has 0 radical (unpaired) electrons. The highest BCUT2D eigenvalue weighted by molar-refractivity contribution is 7.89. The topological polar surface area (TPSA) is 106 Å². The molecule has 2 aliphatic rings. The van der Waals surface area contributed by atoms with Crippen LogP contribution < -0.4 is 5.73 Å². The minimum Gasteiger partial charge on any atom is -0.444 e. The Balaban J connectivity index is 1.96. The number of hydrogen-bond donors (Lipinski definition) is 1. The molecule has 3 atom stereocenters. The van der Waals surface area contributed by atoms with Crippen molar-refractivity contribution in [2.45, 2.75) is 51.3 Å². The van der Waals surface area contributed by atoms with E-state index in [1.807, 2.05) is 0 Å². The molecule has 29 heavy (non-hydrogen) atoms. The molecule has 3 rings (SSSR count). The number of aromatic nitrogens is 1. The normalized spacial score (nSPS) is 26.1. The maximum absolute atomic E-state index is 14.0. The Morgan fingerprint density at radius 2 is 2.07 bits per heavy atom. The lowest BCUT2D eigenvalue weighted by Gasteiger charge is -2.42. The summed E-state index contributed by atoms with van der Waals surface area (Å²) in [5.41, 5.74) is 5.08. The molecule has 0 saturated carbocycles. The summed E-state index contributed by atoms with van der Waals surface area (Å²) >= 11 is 0. The number of fused-ring (bicyclic) bond motifs is 2. The summed E-state index contributed by atoms with van der Waals surface area (Å²) in [4.78, 5) is 17.9. The Kier molecular flexibility index (Phi) is 5.74. The van der Waals surface area contributed by atoms with E-state index in [4.69, 9.17) is 10.5 Å². The number of carbonyl (C=O) groups is 1. The van der Waals surface area contributed by atoms with Gasteiger partial charge in [-0.3, -0.25) is 4.98 Å². The SMILES string of the molecule is CC(C)(C)OC(=O)N1C[C@H](C#Cc2c(N)cncc2F)N2C[C@H]1CCCS2(=O)=O. The number of pyridine rings is 1. The molecule has 2 N–H and O–H groups in total. The van der Waals surface area contributed by atoms with Crippen LogP contribution in [0, 0.1) is 17.7 Å². The number of hydrogen-bond acceptors (Lipinski definition) is 6. The third-order valence-electron chi connectivity index (χ3n) is 4.77. The first kappa shape index (κ1) is 21.3. The zero-order valence-corrected chi connectivity index (χ0v) is 17.5. The van der Waals surface area contributed by atoms with Crippen molar-refractivity contribution in [2.75, 3.05) is 24.6 Å². The van der Waals surface area contributed by atoms with E-state index in [9.17, 15) is 17.6 Å². The molecule has 1 aromatic rings. The van der Waals surface area contributed by atoms with Gasteiger partial charge in [-0.1, -0.05) is 11.8 Å². The zero-order valence-electron chi connectivity index (χ0n) is 16.7. The van der Waals surface area contributed by atoms with Gasteiger partial charge < -0.3 is 15.4 Å². The fourth-order valence-electron chi connectivity index (χ4n) is 3.43. The molecule has 0 aromatic carbocycles. The van der Waals surface area contributed by atoms with Gasteiger partial charge in [0, 0.05) is 12.6 Å². The summed E-state index contributed by atoms with van der Waals surface area (Å²) in [5, 5.41) is 0. The second kappa shape index (κ2) is 7.80. The Bertz CT molecular complexity index is 944. The second-order valence-electron chi connectivity index (χ2n) is 8.19. The van der Waals surface area contributed by atoms with Gasteiger partial charge in [0.05, 0.1) is 35.9 Å². The lowest BCUT2D eigenvalue weighted by atomic mass is 10.0. The van der Waals surface area contributed by atoms with Crippen LogP contribution >= 0.6 is 0 Å². The summed E-state index contributed by atoms with van der Waals surface area (Å²) in [6.45, 7) is 5.48. The van der Waals surface area contributed by atoms with E-state index in [1.54, 1.807) is 20.8 Å². The summed E-state index contributed by atoms with van der Waals surface area (Å²) in [7, 11) is -3.54. The molecule has 0 spiro atoms. The fraction of sp³-hybridized carbons (Fsp3) is 0.579. The van der Waals surface area contributed by atoms with Crippen molar-refractivity contribution in [3.8, 4) is 11.8 Å². The molecular weight excluding hydrogens is 399 g/mol.